The molecule has 2 heterocycles. The van der Waals surface area contributed by atoms with Crippen molar-refractivity contribution in [3.05, 3.63) is 0 Å². The summed E-state index contributed by atoms with van der Waals surface area (Å²) in [6.45, 7) is 1.88. The average molecular weight is 190 g/mol. The summed E-state index contributed by atoms with van der Waals surface area (Å²) in [5.41, 5.74) is 0. The molecule has 1 saturated carbocycles. The van der Waals surface area contributed by atoms with Crippen LogP contribution in [0.15, 0.2) is 0 Å². The normalized spacial score (nSPS) is 53.7. The zero-order valence-corrected chi connectivity index (χ0v) is 8.22. The van der Waals surface area contributed by atoms with Crippen LogP contribution >= 0.6 is 7.60 Å². The monoisotopic (exact) mass is 190 g/mol. The number of fused-ring (bicyclic) bond motifs is 4. The first-order valence-corrected chi connectivity index (χ1v) is 6.13. The van der Waals surface area contributed by atoms with Crippen molar-refractivity contribution in [1.82, 2.24) is 0 Å². The van der Waals surface area contributed by atoms with Gasteiger partial charge in [-0.3, -0.25) is 4.57 Å². The highest BCUT2D eigenvalue weighted by Crippen LogP contribution is 2.65. The third kappa shape index (κ3) is 1.15. The van der Waals surface area contributed by atoms with Crippen LogP contribution < -0.4 is 0 Å². The standard InChI is InChI=1S/C8H15O3P/c1-8-5-2-3-7(4-6-8)11-12(8,9)10/h7H,2-6H2,1H3,(H,9,10). The molecule has 3 nitrogen and oxygen atoms in total. The van der Waals surface area contributed by atoms with Crippen LogP contribution in [0.25, 0.3) is 0 Å². The summed E-state index contributed by atoms with van der Waals surface area (Å²) in [7, 11) is -3.30. The SMILES string of the molecule is CC12CCCC(CC1)OP2(=O)O. The summed E-state index contributed by atoms with van der Waals surface area (Å²) < 4.78 is 16.9. The van der Waals surface area contributed by atoms with Gasteiger partial charge in [0.25, 0.3) is 0 Å². The molecule has 2 bridgehead atoms. The van der Waals surface area contributed by atoms with Crippen molar-refractivity contribution in [2.45, 2.75) is 50.3 Å². The minimum absolute atomic E-state index is 0.0522. The lowest BCUT2D eigenvalue weighted by Gasteiger charge is -2.36. The van der Waals surface area contributed by atoms with E-state index in [2.05, 4.69) is 0 Å². The van der Waals surface area contributed by atoms with Crippen LogP contribution in [-0.4, -0.2) is 16.2 Å². The molecule has 3 fully saturated rings. The summed E-state index contributed by atoms with van der Waals surface area (Å²) in [6, 6.07) is 0. The summed E-state index contributed by atoms with van der Waals surface area (Å²) in [5.74, 6) is 0. The van der Waals surface area contributed by atoms with Crippen molar-refractivity contribution >= 4 is 7.60 Å². The molecule has 12 heavy (non-hydrogen) atoms. The molecule has 3 aliphatic rings. The van der Waals surface area contributed by atoms with Gasteiger partial charge < -0.3 is 9.42 Å². The third-order valence-corrected chi connectivity index (χ3v) is 5.62. The van der Waals surface area contributed by atoms with Crippen molar-refractivity contribution in [3.8, 4) is 0 Å². The van der Waals surface area contributed by atoms with E-state index in [1.165, 1.54) is 0 Å². The molecule has 2 saturated heterocycles. The topological polar surface area (TPSA) is 46.5 Å². The van der Waals surface area contributed by atoms with Gasteiger partial charge in [0.1, 0.15) is 0 Å². The molecular formula is C8H15O3P. The first-order chi connectivity index (χ1) is 5.54. The molecule has 0 spiro atoms. The maximum absolute atomic E-state index is 11.7. The molecule has 1 N–H and O–H groups in total. The fourth-order valence-electron chi connectivity index (χ4n) is 2.17. The molecule has 0 amide bonds. The first kappa shape index (κ1) is 8.74. The maximum Gasteiger partial charge on any atom is 0.334 e. The van der Waals surface area contributed by atoms with Gasteiger partial charge in [-0.25, -0.2) is 0 Å². The Labute approximate surface area is 72.7 Å². The lowest BCUT2D eigenvalue weighted by atomic mass is 10.0. The predicted octanol–water partition coefficient (Wildman–Crippen LogP) is 2.29. The second kappa shape index (κ2) is 2.57. The molecule has 4 heteroatoms. The van der Waals surface area contributed by atoms with Crippen LogP contribution in [0.2, 0.25) is 0 Å². The fraction of sp³-hybridized carbons (Fsp3) is 1.00. The van der Waals surface area contributed by atoms with E-state index in [1.54, 1.807) is 0 Å². The van der Waals surface area contributed by atoms with Gasteiger partial charge in [-0.1, -0.05) is 0 Å². The molecule has 0 aromatic rings. The van der Waals surface area contributed by atoms with Gasteiger partial charge in [0.05, 0.1) is 11.3 Å². The Kier molecular flexibility index (Phi) is 1.87. The third-order valence-electron chi connectivity index (χ3n) is 3.22. The quantitative estimate of drug-likeness (QED) is 0.596. The first-order valence-electron chi connectivity index (χ1n) is 4.55. The van der Waals surface area contributed by atoms with Crippen LogP contribution in [0.3, 0.4) is 0 Å². The Balaban J connectivity index is 2.35. The summed E-state index contributed by atoms with van der Waals surface area (Å²) in [6.07, 6.45) is 4.70. The van der Waals surface area contributed by atoms with E-state index >= 15 is 0 Å². The Bertz CT molecular complexity index is 236. The number of hydrogen-bond donors (Lipinski definition) is 1. The molecule has 3 atom stereocenters. The van der Waals surface area contributed by atoms with Crippen LogP contribution in [-0.2, 0) is 9.09 Å². The van der Waals surface area contributed by atoms with Gasteiger partial charge in [-0.05, 0) is 39.0 Å². The Hall–Kier alpha value is 0.150. The molecule has 0 aromatic carbocycles. The maximum atomic E-state index is 11.7. The average Bonchev–Trinajstić information content (AvgIpc) is 2.17. The Morgan fingerprint density at radius 2 is 2.25 bits per heavy atom. The van der Waals surface area contributed by atoms with Crippen LogP contribution in [0, 0.1) is 0 Å². The second-order valence-electron chi connectivity index (χ2n) is 4.18. The molecule has 3 rings (SSSR count). The summed E-state index contributed by atoms with van der Waals surface area (Å²) in [4.78, 5) is 9.64. The van der Waals surface area contributed by atoms with Crippen molar-refractivity contribution in [3.63, 3.8) is 0 Å². The van der Waals surface area contributed by atoms with E-state index in [9.17, 15) is 9.46 Å². The van der Waals surface area contributed by atoms with Crippen LogP contribution in [0.1, 0.15) is 39.0 Å². The summed E-state index contributed by atoms with van der Waals surface area (Å²) >= 11 is 0. The fourth-order valence-corrected chi connectivity index (χ4v) is 3.89. The Morgan fingerprint density at radius 3 is 2.92 bits per heavy atom. The largest absolute Gasteiger partial charge is 0.334 e. The molecule has 1 aliphatic carbocycles. The van der Waals surface area contributed by atoms with Gasteiger partial charge >= 0.3 is 7.60 Å². The van der Waals surface area contributed by atoms with E-state index in [0.717, 1.165) is 32.1 Å². The van der Waals surface area contributed by atoms with E-state index in [-0.39, 0.29) is 6.10 Å². The molecular weight excluding hydrogens is 175 g/mol. The summed E-state index contributed by atoms with van der Waals surface area (Å²) in [5, 5.41) is -0.444. The number of rotatable bonds is 0. The van der Waals surface area contributed by atoms with Crippen molar-refractivity contribution in [2.75, 3.05) is 0 Å². The minimum Gasteiger partial charge on any atom is -0.324 e. The smallest absolute Gasteiger partial charge is 0.324 e. The zero-order valence-electron chi connectivity index (χ0n) is 7.32. The second-order valence-corrected chi connectivity index (χ2v) is 6.51. The molecule has 70 valence electrons. The molecule has 0 radical (unpaired) electrons. The molecule has 3 unspecified atom stereocenters. The minimum atomic E-state index is -3.30. The van der Waals surface area contributed by atoms with Gasteiger partial charge in [0.15, 0.2) is 0 Å². The zero-order chi connectivity index (χ0) is 8.82. The van der Waals surface area contributed by atoms with Crippen molar-refractivity contribution < 1.29 is 14.0 Å². The lowest BCUT2D eigenvalue weighted by molar-refractivity contribution is 0.128. The van der Waals surface area contributed by atoms with Crippen LogP contribution in [0.5, 0.6) is 0 Å². The highest BCUT2D eigenvalue weighted by molar-refractivity contribution is 7.54. The van der Waals surface area contributed by atoms with Gasteiger partial charge in [-0.2, -0.15) is 0 Å². The van der Waals surface area contributed by atoms with Gasteiger partial charge in [0, 0.05) is 0 Å². The van der Waals surface area contributed by atoms with E-state index in [0.29, 0.717) is 0 Å². The van der Waals surface area contributed by atoms with E-state index in [4.69, 9.17) is 4.52 Å². The highest BCUT2D eigenvalue weighted by Gasteiger charge is 2.51. The van der Waals surface area contributed by atoms with Crippen molar-refractivity contribution in [2.24, 2.45) is 0 Å². The van der Waals surface area contributed by atoms with Crippen LogP contribution in [0.4, 0.5) is 0 Å². The Morgan fingerprint density at radius 1 is 1.50 bits per heavy atom. The highest BCUT2D eigenvalue weighted by atomic mass is 31.2. The van der Waals surface area contributed by atoms with E-state index < -0.39 is 12.8 Å². The van der Waals surface area contributed by atoms with Gasteiger partial charge in [0.2, 0.25) is 0 Å². The van der Waals surface area contributed by atoms with Crippen molar-refractivity contribution in [1.29, 1.82) is 0 Å². The predicted molar refractivity (Wildman–Crippen MR) is 46.2 cm³/mol. The number of hydrogen-bond acceptors (Lipinski definition) is 2. The van der Waals surface area contributed by atoms with E-state index in [1.807, 2.05) is 6.92 Å². The molecule has 2 aliphatic heterocycles. The van der Waals surface area contributed by atoms with Gasteiger partial charge in [-0.15, -0.1) is 0 Å². The lowest BCUT2D eigenvalue weighted by Crippen LogP contribution is -2.30. The molecule has 0 aromatic heterocycles.